The van der Waals surface area contributed by atoms with Gasteiger partial charge in [0.15, 0.2) is 0 Å². The smallest absolute Gasteiger partial charge is 0.339 e. The van der Waals surface area contributed by atoms with Gasteiger partial charge in [-0.25, -0.2) is 14.6 Å². The van der Waals surface area contributed by atoms with E-state index < -0.39 is 6.03 Å². The van der Waals surface area contributed by atoms with Crippen molar-refractivity contribution in [2.75, 3.05) is 5.32 Å². The molecule has 154 valence electrons. The number of carbonyl (C=O) groups is 1. The van der Waals surface area contributed by atoms with Gasteiger partial charge in [0.05, 0.1) is 9.78 Å². The predicted molar refractivity (Wildman–Crippen MR) is 129 cm³/mol. The Morgan fingerprint density at radius 3 is 2.73 bits per heavy atom. The number of carbonyl (C=O) groups excluding carboxylic acids is 1. The summed E-state index contributed by atoms with van der Waals surface area (Å²) in [6.07, 6.45) is 1.54. The van der Waals surface area contributed by atoms with Gasteiger partial charge in [0.1, 0.15) is 18.2 Å². The molecule has 0 saturated carbocycles. The quantitative estimate of drug-likeness (QED) is 0.206. The third-order valence-corrected chi connectivity index (χ3v) is 5.83. The number of nitrogens with one attached hydrogen (secondary N) is 2. The molecule has 2 amide bonds. The van der Waals surface area contributed by atoms with Crippen LogP contribution < -0.4 is 15.5 Å². The van der Waals surface area contributed by atoms with Crippen molar-refractivity contribution < 1.29 is 13.9 Å². The molecule has 0 unspecified atom stereocenters. The molecule has 8 heteroatoms. The first-order chi connectivity index (χ1) is 14.4. The van der Waals surface area contributed by atoms with Crippen molar-refractivity contribution in [3.8, 4) is 5.75 Å². The van der Waals surface area contributed by atoms with E-state index in [9.17, 15) is 9.18 Å². The monoisotopic (exact) mass is 581 g/mol. The summed E-state index contributed by atoms with van der Waals surface area (Å²) in [5, 5.41) is 6.68. The van der Waals surface area contributed by atoms with E-state index in [-0.39, 0.29) is 12.4 Å². The molecule has 0 fully saturated rings. The van der Waals surface area contributed by atoms with Crippen molar-refractivity contribution >= 4 is 56.5 Å². The van der Waals surface area contributed by atoms with E-state index in [1.807, 2.05) is 25.1 Å². The first-order valence-electron chi connectivity index (χ1n) is 8.94. The fourth-order valence-corrected chi connectivity index (χ4v) is 3.47. The first kappa shape index (κ1) is 22.2. The van der Waals surface area contributed by atoms with Crippen molar-refractivity contribution in [1.29, 1.82) is 0 Å². The van der Waals surface area contributed by atoms with Gasteiger partial charge >= 0.3 is 6.03 Å². The third-order valence-electron chi connectivity index (χ3n) is 4.09. The SMILES string of the molecule is Cc1cc(NC(=O)N/N=C/c2ccc(OCc3ccccc3F)c(I)c2)ccc1Br. The molecule has 2 N–H and O–H groups in total. The number of hydrogen-bond acceptors (Lipinski definition) is 3. The van der Waals surface area contributed by atoms with E-state index in [2.05, 4.69) is 54.4 Å². The van der Waals surface area contributed by atoms with Crippen LogP contribution in [0.5, 0.6) is 5.75 Å². The van der Waals surface area contributed by atoms with Crippen LogP contribution in [0.2, 0.25) is 0 Å². The zero-order valence-electron chi connectivity index (χ0n) is 16.0. The van der Waals surface area contributed by atoms with Crippen LogP contribution in [-0.2, 0) is 6.61 Å². The maximum Gasteiger partial charge on any atom is 0.339 e. The number of rotatable bonds is 6. The highest BCUT2D eigenvalue weighted by Crippen LogP contribution is 2.23. The van der Waals surface area contributed by atoms with Crippen LogP contribution in [0, 0.1) is 16.3 Å². The number of halogens is 3. The molecule has 0 radical (unpaired) electrons. The largest absolute Gasteiger partial charge is 0.488 e. The van der Waals surface area contributed by atoms with Gasteiger partial charge in [-0.05, 0) is 83.1 Å². The van der Waals surface area contributed by atoms with E-state index in [1.54, 1.807) is 36.4 Å². The molecule has 0 heterocycles. The fraction of sp³-hybridized carbons (Fsp3) is 0.0909. The molecule has 3 aromatic rings. The molecular weight excluding hydrogens is 564 g/mol. The van der Waals surface area contributed by atoms with Gasteiger partial charge in [-0.2, -0.15) is 5.10 Å². The summed E-state index contributed by atoms with van der Waals surface area (Å²) < 4.78 is 21.2. The number of ether oxygens (including phenoxy) is 1. The normalized spacial score (nSPS) is 10.8. The van der Waals surface area contributed by atoms with E-state index in [1.165, 1.54) is 12.3 Å². The van der Waals surface area contributed by atoms with Gasteiger partial charge in [-0.3, -0.25) is 0 Å². The average molecular weight is 582 g/mol. The van der Waals surface area contributed by atoms with E-state index in [0.717, 1.165) is 19.2 Å². The van der Waals surface area contributed by atoms with Crippen molar-refractivity contribution in [1.82, 2.24) is 5.43 Å². The Morgan fingerprint density at radius 2 is 2.00 bits per heavy atom. The maximum absolute atomic E-state index is 13.7. The number of amides is 2. The van der Waals surface area contributed by atoms with Gasteiger partial charge < -0.3 is 10.1 Å². The number of hydrogen-bond donors (Lipinski definition) is 2. The van der Waals surface area contributed by atoms with Crippen molar-refractivity contribution in [2.45, 2.75) is 13.5 Å². The molecule has 30 heavy (non-hydrogen) atoms. The van der Waals surface area contributed by atoms with Crippen LogP contribution >= 0.6 is 38.5 Å². The van der Waals surface area contributed by atoms with Crippen LogP contribution in [0.15, 0.2) is 70.2 Å². The molecule has 0 aliphatic rings. The molecule has 0 aromatic heterocycles. The highest BCUT2D eigenvalue weighted by atomic mass is 127. The first-order valence-corrected chi connectivity index (χ1v) is 10.8. The Labute approximate surface area is 196 Å². The molecule has 0 saturated heterocycles. The predicted octanol–water partition coefficient (Wildman–Crippen LogP) is 6.24. The highest BCUT2D eigenvalue weighted by Gasteiger charge is 2.06. The van der Waals surface area contributed by atoms with Gasteiger partial charge in [0.25, 0.3) is 0 Å². The summed E-state index contributed by atoms with van der Waals surface area (Å²) in [5.41, 5.74) is 5.41. The molecule has 0 atom stereocenters. The molecule has 0 aliphatic heterocycles. The minimum atomic E-state index is -0.437. The summed E-state index contributed by atoms with van der Waals surface area (Å²) in [6.45, 7) is 2.09. The van der Waals surface area contributed by atoms with Crippen molar-refractivity contribution in [3.63, 3.8) is 0 Å². The van der Waals surface area contributed by atoms with E-state index in [4.69, 9.17) is 4.74 Å². The summed E-state index contributed by atoms with van der Waals surface area (Å²) >= 11 is 5.56. The summed E-state index contributed by atoms with van der Waals surface area (Å²) in [7, 11) is 0. The molecular formula is C22H18BrFIN3O2. The molecule has 0 bridgehead atoms. The van der Waals surface area contributed by atoms with Gasteiger partial charge in [-0.15, -0.1) is 0 Å². The molecule has 5 nitrogen and oxygen atoms in total. The lowest BCUT2D eigenvalue weighted by Gasteiger charge is -2.09. The maximum atomic E-state index is 13.7. The Kier molecular flexibility index (Phi) is 7.81. The summed E-state index contributed by atoms with van der Waals surface area (Å²) in [4.78, 5) is 12.0. The standard InChI is InChI=1S/C22H18BrFIN3O2/c1-14-10-17(7-8-18(14)23)27-22(29)28-26-12-15-6-9-21(20(25)11-15)30-13-16-4-2-3-5-19(16)24/h2-12H,13H2,1H3,(H2,27,28,29)/b26-12+. The highest BCUT2D eigenvalue weighted by molar-refractivity contribution is 14.1. The van der Waals surface area contributed by atoms with E-state index >= 15 is 0 Å². The number of hydrazone groups is 1. The van der Waals surface area contributed by atoms with Crippen LogP contribution in [-0.4, -0.2) is 12.2 Å². The van der Waals surface area contributed by atoms with Crippen LogP contribution in [0.1, 0.15) is 16.7 Å². The topological polar surface area (TPSA) is 62.7 Å². The van der Waals surface area contributed by atoms with Gasteiger partial charge in [-0.1, -0.05) is 34.1 Å². The number of urea groups is 1. The number of anilines is 1. The number of benzene rings is 3. The van der Waals surface area contributed by atoms with Crippen LogP contribution in [0.4, 0.5) is 14.9 Å². The number of aryl methyl sites for hydroxylation is 1. The van der Waals surface area contributed by atoms with Crippen molar-refractivity contribution in [3.05, 3.63) is 91.2 Å². The lowest BCUT2D eigenvalue weighted by Crippen LogP contribution is -2.24. The molecule has 3 aromatic carbocycles. The van der Waals surface area contributed by atoms with Crippen LogP contribution in [0.25, 0.3) is 0 Å². The Morgan fingerprint density at radius 1 is 1.20 bits per heavy atom. The van der Waals surface area contributed by atoms with Gasteiger partial charge in [0.2, 0.25) is 0 Å². The van der Waals surface area contributed by atoms with Crippen LogP contribution in [0.3, 0.4) is 0 Å². The lowest BCUT2D eigenvalue weighted by atomic mass is 10.2. The average Bonchev–Trinajstić information content (AvgIpc) is 2.71. The van der Waals surface area contributed by atoms with E-state index in [0.29, 0.717) is 17.0 Å². The van der Waals surface area contributed by atoms with Gasteiger partial charge in [0, 0.05) is 15.7 Å². The molecule has 0 aliphatic carbocycles. The fourth-order valence-electron chi connectivity index (χ4n) is 2.53. The molecule has 0 spiro atoms. The lowest BCUT2D eigenvalue weighted by molar-refractivity contribution is 0.252. The summed E-state index contributed by atoms with van der Waals surface area (Å²) in [5.74, 6) is 0.353. The van der Waals surface area contributed by atoms with Crippen molar-refractivity contribution in [2.24, 2.45) is 5.10 Å². The summed E-state index contributed by atoms with van der Waals surface area (Å²) in [6, 6.07) is 17.0. The minimum absolute atomic E-state index is 0.146. The Balaban J connectivity index is 1.54. The molecule has 3 rings (SSSR count). The second kappa shape index (κ2) is 10.5. The zero-order valence-corrected chi connectivity index (χ0v) is 19.7. The Bertz CT molecular complexity index is 1090. The number of nitrogens with zero attached hydrogens (tertiary/aromatic N) is 1. The Hall–Kier alpha value is -2.46. The minimum Gasteiger partial charge on any atom is -0.488 e. The zero-order chi connectivity index (χ0) is 21.5. The second-order valence-electron chi connectivity index (χ2n) is 6.36. The third kappa shape index (κ3) is 6.27. The second-order valence-corrected chi connectivity index (χ2v) is 8.37.